The Morgan fingerprint density at radius 1 is 1.12 bits per heavy atom. The SMILES string of the molecule is COc1ccc(CN2CC3(CCN(C(=O)C4CC(C)C4)C3)Oc3ccccc3S2(=O)=O)cc1. The number of likely N-dealkylation sites (tertiary alicyclic amines) is 1. The van der Waals surface area contributed by atoms with Crippen LogP contribution in [0.15, 0.2) is 53.4 Å². The summed E-state index contributed by atoms with van der Waals surface area (Å²) < 4.78 is 40.5. The van der Waals surface area contributed by atoms with E-state index in [1.165, 1.54) is 4.31 Å². The average Bonchev–Trinajstić information content (AvgIpc) is 3.17. The maximum atomic E-state index is 13.6. The van der Waals surface area contributed by atoms with Crippen LogP contribution >= 0.6 is 0 Å². The van der Waals surface area contributed by atoms with Crippen molar-refractivity contribution in [2.75, 3.05) is 26.7 Å². The number of sulfonamides is 1. The van der Waals surface area contributed by atoms with Crippen molar-refractivity contribution in [2.45, 2.75) is 43.2 Å². The number of nitrogens with zero attached hydrogens (tertiary/aromatic N) is 2. The Morgan fingerprint density at radius 2 is 1.85 bits per heavy atom. The van der Waals surface area contributed by atoms with Crippen molar-refractivity contribution in [3.05, 3.63) is 54.1 Å². The van der Waals surface area contributed by atoms with Crippen LogP contribution in [0.2, 0.25) is 0 Å². The van der Waals surface area contributed by atoms with Crippen molar-refractivity contribution in [3.8, 4) is 11.5 Å². The number of rotatable bonds is 4. The molecule has 2 aliphatic heterocycles. The van der Waals surface area contributed by atoms with Crippen LogP contribution in [0.4, 0.5) is 0 Å². The van der Waals surface area contributed by atoms with Gasteiger partial charge < -0.3 is 14.4 Å². The number of ether oxygens (including phenoxy) is 2. The van der Waals surface area contributed by atoms with E-state index in [0.29, 0.717) is 31.2 Å². The van der Waals surface area contributed by atoms with Gasteiger partial charge in [0.25, 0.3) is 0 Å². The molecule has 33 heavy (non-hydrogen) atoms. The highest BCUT2D eigenvalue weighted by Gasteiger charge is 2.50. The first-order valence-corrected chi connectivity index (χ1v) is 12.9. The minimum atomic E-state index is -3.78. The quantitative estimate of drug-likeness (QED) is 0.685. The summed E-state index contributed by atoms with van der Waals surface area (Å²) in [5, 5.41) is 0. The Morgan fingerprint density at radius 3 is 2.55 bits per heavy atom. The van der Waals surface area contributed by atoms with E-state index in [4.69, 9.17) is 9.47 Å². The zero-order chi connectivity index (χ0) is 23.2. The fourth-order valence-corrected chi connectivity index (χ4v) is 6.86. The molecule has 176 valence electrons. The minimum absolute atomic E-state index is 0.0901. The molecule has 2 aromatic rings. The Bertz CT molecular complexity index is 1140. The summed E-state index contributed by atoms with van der Waals surface area (Å²) in [7, 11) is -2.18. The second kappa shape index (κ2) is 8.33. The Labute approximate surface area is 195 Å². The van der Waals surface area contributed by atoms with E-state index >= 15 is 0 Å². The molecule has 2 fully saturated rings. The molecule has 1 amide bonds. The van der Waals surface area contributed by atoms with E-state index < -0.39 is 15.6 Å². The maximum absolute atomic E-state index is 13.6. The molecular weight excluding hydrogens is 440 g/mol. The van der Waals surface area contributed by atoms with Gasteiger partial charge in [0.15, 0.2) is 0 Å². The third-order valence-electron chi connectivity index (χ3n) is 7.13. The van der Waals surface area contributed by atoms with Gasteiger partial charge in [-0.2, -0.15) is 4.31 Å². The molecule has 0 bridgehead atoms. The monoisotopic (exact) mass is 470 g/mol. The van der Waals surface area contributed by atoms with Crippen molar-refractivity contribution < 1.29 is 22.7 Å². The predicted octanol–water partition coefficient (Wildman–Crippen LogP) is 3.30. The molecule has 8 heteroatoms. The van der Waals surface area contributed by atoms with Gasteiger partial charge >= 0.3 is 0 Å². The zero-order valence-corrected chi connectivity index (χ0v) is 19.9. The third-order valence-corrected chi connectivity index (χ3v) is 8.96. The molecular formula is C25H30N2O5S. The first-order chi connectivity index (χ1) is 15.8. The second-order valence-corrected chi connectivity index (χ2v) is 11.5. The molecule has 1 atom stereocenters. The van der Waals surface area contributed by atoms with Crippen molar-refractivity contribution in [1.29, 1.82) is 0 Å². The van der Waals surface area contributed by atoms with E-state index in [1.807, 2.05) is 29.2 Å². The molecule has 1 spiro atoms. The highest BCUT2D eigenvalue weighted by atomic mass is 32.2. The van der Waals surface area contributed by atoms with Gasteiger partial charge in [-0.1, -0.05) is 31.2 Å². The Hall–Kier alpha value is -2.58. The second-order valence-electron chi connectivity index (χ2n) is 9.64. The van der Waals surface area contributed by atoms with E-state index in [0.717, 1.165) is 24.2 Å². The van der Waals surface area contributed by atoms with Gasteiger partial charge in [-0.25, -0.2) is 8.42 Å². The summed E-state index contributed by atoms with van der Waals surface area (Å²) in [5.74, 6) is 1.95. The molecule has 0 aromatic heterocycles. The summed E-state index contributed by atoms with van der Waals surface area (Å²) in [6.45, 7) is 3.57. The average molecular weight is 471 g/mol. The smallest absolute Gasteiger partial charge is 0.247 e. The third kappa shape index (κ3) is 4.10. The van der Waals surface area contributed by atoms with Crippen LogP contribution < -0.4 is 9.47 Å². The van der Waals surface area contributed by atoms with Crippen LogP contribution in [0.25, 0.3) is 0 Å². The molecule has 3 aliphatic rings. The molecule has 1 saturated heterocycles. The van der Waals surface area contributed by atoms with Crippen LogP contribution in [0.3, 0.4) is 0 Å². The minimum Gasteiger partial charge on any atom is -0.497 e. The highest BCUT2D eigenvalue weighted by molar-refractivity contribution is 7.89. The standard InChI is InChI=1S/C25H30N2O5S/c1-18-13-20(14-18)24(28)26-12-11-25(16-26)17-27(15-19-7-9-21(31-2)10-8-19)33(29,30)23-6-4-3-5-22(23)32-25/h3-10,18,20H,11-17H2,1-2H3. The van der Waals surface area contributed by atoms with Gasteiger partial charge in [0.2, 0.25) is 15.9 Å². The number of fused-ring (bicyclic) bond motifs is 1. The van der Waals surface area contributed by atoms with E-state index in [1.54, 1.807) is 31.4 Å². The number of benzene rings is 2. The van der Waals surface area contributed by atoms with Gasteiger partial charge in [-0.3, -0.25) is 4.79 Å². The predicted molar refractivity (Wildman–Crippen MR) is 123 cm³/mol. The lowest BCUT2D eigenvalue weighted by atomic mass is 9.75. The van der Waals surface area contributed by atoms with Crippen LogP contribution in [-0.2, 0) is 21.4 Å². The molecule has 2 aromatic carbocycles. The zero-order valence-electron chi connectivity index (χ0n) is 19.1. The maximum Gasteiger partial charge on any atom is 0.247 e. The summed E-state index contributed by atoms with van der Waals surface area (Å²) in [6.07, 6.45) is 2.47. The molecule has 1 saturated carbocycles. The number of methoxy groups -OCH3 is 1. The van der Waals surface area contributed by atoms with Gasteiger partial charge in [0, 0.05) is 25.4 Å². The van der Waals surface area contributed by atoms with E-state index in [9.17, 15) is 13.2 Å². The molecule has 1 unspecified atom stereocenters. The topological polar surface area (TPSA) is 76.2 Å². The first kappa shape index (κ1) is 22.2. The molecule has 1 aliphatic carbocycles. The van der Waals surface area contributed by atoms with Gasteiger partial charge in [-0.15, -0.1) is 0 Å². The lowest BCUT2D eigenvalue weighted by Gasteiger charge is -2.36. The molecule has 7 nitrogen and oxygen atoms in total. The summed E-state index contributed by atoms with van der Waals surface area (Å²) in [6, 6.07) is 14.2. The number of carbonyl (C=O) groups is 1. The Balaban J connectivity index is 1.45. The highest BCUT2D eigenvalue weighted by Crippen LogP contribution is 2.41. The van der Waals surface area contributed by atoms with Crippen molar-refractivity contribution in [2.24, 2.45) is 11.8 Å². The van der Waals surface area contributed by atoms with Crippen molar-refractivity contribution >= 4 is 15.9 Å². The number of carbonyl (C=O) groups excluding carboxylic acids is 1. The van der Waals surface area contributed by atoms with Gasteiger partial charge in [-0.05, 0) is 48.6 Å². The van der Waals surface area contributed by atoms with Gasteiger partial charge in [0.05, 0.1) is 20.2 Å². The summed E-state index contributed by atoms with van der Waals surface area (Å²) in [4.78, 5) is 15.1. The fraction of sp³-hybridized carbons (Fsp3) is 0.480. The largest absolute Gasteiger partial charge is 0.497 e. The molecule has 0 radical (unpaired) electrons. The number of amides is 1. The van der Waals surface area contributed by atoms with E-state index in [-0.39, 0.29) is 29.8 Å². The lowest BCUT2D eigenvalue weighted by Crippen LogP contribution is -2.50. The summed E-state index contributed by atoms with van der Waals surface area (Å²) >= 11 is 0. The number of para-hydroxylation sites is 1. The molecule has 5 rings (SSSR count). The van der Waals surface area contributed by atoms with Crippen LogP contribution in [0.1, 0.15) is 31.7 Å². The fourth-order valence-electron chi connectivity index (χ4n) is 5.24. The van der Waals surface area contributed by atoms with Crippen LogP contribution in [-0.4, -0.2) is 55.9 Å². The van der Waals surface area contributed by atoms with Crippen molar-refractivity contribution in [1.82, 2.24) is 9.21 Å². The van der Waals surface area contributed by atoms with Gasteiger partial charge in [0.1, 0.15) is 22.0 Å². The normalized spacial score (nSPS) is 28.5. The number of hydrogen-bond acceptors (Lipinski definition) is 5. The van der Waals surface area contributed by atoms with Crippen molar-refractivity contribution in [3.63, 3.8) is 0 Å². The first-order valence-electron chi connectivity index (χ1n) is 11.5. The molecule has 2 heterocycles. The molecule has 0 N–H and O–H groups in total. The number of hydrogen-bond donors (Lipinski definition) is 0. The van der Waals surface area contributed by atoms with Crippen LogP contribution in [0.5, 0.6) is 11.5 Å². The van der Waals surface area contributed by atoms with Crippen LogP contribution in [0, 0.1) is 11.8 Å². The van der Waals surface area contributed by atoms with E-state index in [2.05, 4.69) is 6.92 Å². The Kier molecular flexibility index (Phi) is 5.61. The lowest BCUT2D eigenvalue weighted by molar-refractivity contribution is -0.139. The summed E-state index contributed by atoms with van der Waals surface area (Å²) in [5.41, 5.74) is 0.0975.